The predicted octanol–water partition coefficient (Wildman–Crippen LogP) is 4.24. The van der Waals surface area contributed by atoms with Gasteiger partial charge in [-0.1, -0.05) is 0 Å². The van der Waals surface area contributed by atoms with E-state index in [9.17, 15) is 13.2 Å². The molecule has 0 bridgehead atoms. The highest BCUT2D eigenvalue weighted by molar-refractivity contribution is 14.1. The Morgan fingerprint density at radius 3 is 2.81 bits per heavy atom. The first-order chi connectivity index (χ1) is 9.94. The summed E-state index contributed by atoms with van der Waals surface area (Å²) in [5, 5.41) is 5.18. The Labute approximate surface area is 132 Å². The molecular weight excluding hydrogens is 400 g/mol. The summed E-state index contributed by atoms with van der Waals surface area (Å²) in [6.45, 7) is 0.640. The molecule has 3 rings (SSSR count). The van der Waals surface area contributed by atoms with Gasteiger partial charge < -0.3 is 9.47 Å². The lowest BCUT2D eigenvalue weighted by atomic mass is 10.2. The minimum atomic E-state index is -4.70. The number of hydrogen-bond acceptors (Lipinski definition) is 3. The van der Waals surface area contributed by atoms with E-state index < -0.39 is 6.36 Å². The smallest absolute Gasteiger partial charge is 0.406 e. The average molecular weight is 412 g/mol. The summed E-state index contributed by atoms with van der Waals surface area (Å²) in [7, 11) is 0. The molecule has 0 radical (unpaired) electrons. The summed E-state index contributed by atoms with van der Waals surface area (Å²) in [6.07, 6.45) is -2.12. The summed E-state index contributed by atoms with van der Waals surface area (Å²) in [4.78, 5) is 0. The molecule has 114 valence electrons. The molecule has 1 unspecified atom stereocenters. The normalized spacial score (nSPS) is 19.9. The van der Waals surface area contributed by atoms with Crippen molar-refractivity contribution in [2.45, 2.75) is 31.9 Å². The van der Waals surface area contributed by atoms with Gasteiger partial charge in [0.05, 0.1) is 5.52 Å². The van der Waals surface area contributed by atoms with E-state index in [-0.39, 0.29) is 12.0 Å². The van der Waals surface area contributed by atoms with E-state index in [1.165, 1.54) is 12.1 Å². The highest BCUT2D eigenvalue weighted by Gasteiger charge is 2.31. The van der Waals surface area contributed by atoms with Gasteiger partial charge in [-0.3, -0.25) is 0 Å². The summed E-state index contributed by atoms with van der Waals surface area (Å²) in [5.41, 5.74) is 0.591. The first kappa shape index (κ1) is 14.9. The van der Waals surface area contributed by atoms with Crippen molar-refractivity contribution in [2.75, 3.05) is 6.61 Å². The van der Waals surface area contributed by atoms with Gasteiger partial charge in [-0.05, 0) is 54.0 Å². The van der Waals surface area contributed by atoms with Crippen molar-refractivity contribution in [3.63, 3.8) is 0 Å². The van der Waals surface area contributed by atoms with Crippen LogP contribution < -0.4 is 4.74 Å². The van der Waals surface area contributed by atoms with Crippen molar-refractivity contribution in [3.8, 4) is 5.75 Å². The first-order valence-electron chi connectivity index (χ1n) is 6.49. The zero-order valence-corrected chi connectivity index (χ0v) is 13.0. The maximum Gasteiger partial charge on any atom is 0.573 e. The second kappa shape index (κ2) is 5.64. The standard InChI is InChI=1S/C13H12F3IN2O2/c14-13(15,16)21-8-4-5-9-10(7-8)19(18-12(9)17)11-3-1-2-6-20-11/h4-5,7,11H,1-3,6H2. The number of alkyl halides is 3. The first-order valence-corrected chi connectivity index (χ1v) is 7.57. The van der Waals surface area contributed by atoms with Crippen molar-refractivity contribution in [1.29, 1.82) is 0 Å². The Morgan fingerprint density at radius 1 is 1.33 bits per heavy atom. The molecule has 1 fully saturated rings. The van der Waals surface area contributed by atoms with E-state index in [2.05, 4.69) is 32.4 Å². The molecule has 0 saturated carbocycles. The Bertz CT molecular complexity index is 651. The minimum Gasteiger partial charge on any atom is -0.406 e. The van der Waals surface area contributed by atoms with Crippen molar-refractivity contribution in [2.24, 2.45) is 0 Å². The number of fused-ring (bicyclic) bond motifs is 1. The van der Waals surface area contributed by atoms with Crippen LogP contribution in [0, 0.1) is 3.70 Å². The van der Waals surface area contributed by atoms with E-state index in [1.54, 1.807) is 10.7 Å². The monoisotopic (exact) mass is 412 g/mol. The highest BCUT2D eigenvalue weighted by atomic mass is 127. The molecular formula is C13H12F3IN2O2. The minimum absolute atomic E-state index is 0.231. The lowest BCUT2D eigenvalue weighted by Crippen LogP contribution is -2.19. The van der Waals surface area contributed by atoms with Crippen LogP contribution in [0.15, 0.2) is 18.2 Å². The fourth-order valence-electron chi connectivity index (χ4n) is 2.41. The predicted molar refractivity (Wildman–Crippen MR) is 78.0 cm³/mol. The van der Waals surface area contributed by atoms with Crippen LogP contribution in [0.4, 0.5) is 13.2 Å². The second-order valence-corrected chi connectivity index (χ2v) is 5.81. The Hall–Kier alpha value is -1.03. The molecule has 0 spiro atoms. The van der Waals surface area contributed by atoms with Crippen LogP contribution >= 0.6 is 22.6 Å². The number of ether oxygens (including phenoxy) is 2. The molecule has 0 N–H and O–H groups in total. The van der Waals surface area contributed by atoms with Crippen LogP contribution in [0.25, 0.3) is 10.9 Å². The van der Waals surface area contributed by atoms with Gasteiger partial charge in [-0.2, -0.15) is 5.10 Å². The zero-order valence-electron chi connectivity index (χ0n) is 10.9. The zero-order chi connectivity index (χ0) is 15.0. The fraction of sp³-hybridized carbons (Fsp3) is 0.462. The van der Waals surface area contributed by atoms with Gasteiger partial charge in [-0.15, -0.1) is 13.2 Å². The van der Waals surface area contributed by atoms with E-state index in [1.807, 2.05) is 0 Å². The van der Waals surface area contributed by atoms with Gasteiger partial charge in [0, 0.05) is 18.1 Å². The van der Waals surface area contributed by atoms with E-state index >= 15 is 0 Å². The summed E-state index contributed by atoms with van der Waals surface area (Å²) in [6, 6.07) is 4.24. The van der Waals surface area contributed by atoms with Crippen molar-refractivity contribution in [3.05, 3.63) is 21.9 Å². The van der Waals surface area contributed by atoms with Crippen LogP contribution in [0.3, 0.4) is 0 Å². The third-order valence-corrected chi connectivity index (χ3v) is 4.09. The number of halogens is 4. The van der Waals surface area contributed by atoms with Crippen LogP contribution in [-0.2, 0) is 4.74 Å². The molecule has 8 heteroatoms. The van der Waals surface area contributed by atoms with Crippen LogP contribution in [-0.4, -0.2) is 22.7 Å². The fourth-order valence-corrected chi connectivity index (χ4v) is 3.10. The van der Waals surface area contributed by atoms with E-state index in [0.717, 1.165) is 28.3 Å². The van der Waals surface area contributed by atoms with E-state index in [0.29, 0.717) is 12.1 Å². The van der Waals surface area contributed by atoms with Gasteiger partial charge in [0.25, 0.3) is 0 Å². The molecule has 4 nitrogen and oxygen atoms in total. The molecule has 0 amide bonds. The molecule has 1 aliphatic heterocycles. The molecule has 1 saturated heterocycles. The Balaban J connectivity index is 2.01. The van der Waals surface area contributed by atoms with Crippen molar-refractivity contribution < 1.29 is 22.6 Å². The van der Waals surface area contributed by atoms with Gasteiger partial charge in [0.15, 0.2) is 6.23 Å². The van der Waals surface area contributed by atoms with Crippen molar-refractivity contribution >= 4 is 33.5 Å². The van der Waals surface area contributed by atoms with Crippen LogP contribution in [0.5, 0.6) is 5.75 Å². The van der Waals surface area contributed by atoms with Gasteiger partial charge >= 0.3 is 6.36 Å². The summed E-state index contributed by atoms with van der Waals surface area (Å²) in [5.74, 6) is -0.247. The van der Waals surface area contributed by atoms with E-state index in [4.69, 9.17) is 4.74 Å². The van der Waals surface area contributed by atoms with Gasteiger partial charge in [0.1, 0.15) is 9.45 Å². The van der Waals surface area contributed by atoms with Crippen LogP contribution in [0.1, 0.15) is 25.5 Å². The quantitative estimate of drug-likeness (QED) is 0.693. The van der Waals surface area contributed by atoms with Crippen molar-refractivity contribution in [1.82, 2.24) is 9.78 Å². The molecule has 1 aromatic heterocycles. The average Bonchev–Trinajstić information content (AvgIpc) is 2.75. The highest BCUT2D eigenvalue weighted by Crippen LogP contribution is 2.32. The molecule has 1 atom stereocenters. The third-order valence-electron chi connectivity index (χ3n) is 3.30. The van der Waals surface area contributed by atoms with Gasteiger partial charge in [0.2, 0.25) is 0 Å². The molecule has 2 heterocycles. The largest absolute Gasteiger partial charge is 0.573 e. The number of nitrogens with zero attached hydrogens (tertiary/aromatic N) is 2. The topological polar surface area (TPSA) is 36.3 Å². The lowest BCUT2D eigenvalue weighted by molar-refractivity contribution is -0.274. The van der Waals surface area contributed by atoms with Gasteiger partial charge in [-0.25, -0.2) is 4.68 Å². The maximum absolute atomic E-state index is 12.3. The van der Waals surface area contributed by atoms with Crippen LogP contribution in [0.2, 0.25) is 0 Å². The third kappa shape index (κ3) is 3.25. The molecule has 1 aromatic carbocycles. The number of rotatable bonds is 2. The molecule has 21 heavy (non-hydrogen) atoms. The number of hydrogen-bond donors (Lipinski definition) is 0. The second-order valence-electron chi connectivity index (χ2n) is 4.78. The summed E-state index contributed by atoms with van der Waals surface area (Å²) < 4.78 is 49.0. The summed E-state index contributed by atoms with van der Waals surface area (Å²) >= 11 is 2.06. The molecule has 2 aromatic rings. The number of aromatic nitrogens is 2. The Morgan fingerprint density at radius 2 is 2.14 bits per heavy atom. The lowest BCUT2D eigenvalue weighted by Gasteiger charge is -2.23. The Kier molecular flexibility index (Phi) is 4.00. The SMILES string of the molecule is FC(F)(F)Oc1ccc2c(I)nn(C3CCCCO3)c2c1. The molecule has 1 aliphatic rings. The molecule has 0 aliphatic carbocycles. The number of benzene rings is 1. The maximum atomic E-state index is 12.3.